The van der Waals surface area contributed by atoms with Gasteiger partial charge in [0.05, 0.1) is 24.1 Å². The number of pyridine rings is 1. The molecular formula is C21H25FN6. The summed E-state index contributed by atoms with van der Waals surface area (Å²) in [5.74, 6) is 0.594. The van der Waals surface area contributed by atoms with Crippen molar-refractivity contribution in [1.29, 1.82) is 5.26 Å². The number of nitrogens with zero attached hydrogens (tertiary/aromatic N) is 6. The Kier molecular flexibility index (Phi) is 5.23. The van der Waals surface area contributed by atoms with Crippen LogP contribution in [0.15, 0.2) is 18.5 Å². The highest BCUT2D eigenvalue weighted by molar-refractivity contribution is 5.38. The van der Waals surface area contributed by atoms with Crippen molar-refractivity contribution in [2.75, 3.05) is 24.5 Å². The molecule has 1 saturated heterocycles. The smallest absolute Gasteiger partial charge is 0.158 e. The molecule has 28 heavy (non-hydrogen) atoms. The minimum Gasteiger partial charge on any atom is -0.352 e. The molecule has 2 atom stereocenters. The summed E-state index contributed by atoms with van der Waals surface area (Å²) in [6.07, 6.45) is 7.31. The van der Waals surface area contributed by atoms with E-state index in [4.69, 9.17) is 10.2 Å². The van der Waals surface area contributed by atoms with E-state index in [0.29, 0.717) is 11.4 Å². The van der Waals surface area contributed by atoms with Crippen LogP contribution in [0, 0.1) is 17.1 Å². The SMILES string of the molecule is CC1CN(c2cnc(C#N)cn2)CCN1C(C)c1nc2c(cc1F)CCCC2. The van der Waals surface area contributed by atoms with Crippen molar-refractivity contribution in [3.05, 3.63) is 46.9 Å². The molecule has 3 heterocycles. The third kappa shape index (κ3) is 3.57. The first kappa shape index (κ1) is 18.8. The van der Waals surface area contributed by atoms with Gasteiger partial charge >= 0.3 is 0 Å². The second-order valence-corrected chi connectivity index (χ2v) is 7.75. The first-order valence-electron chi connectivity index (χ1n) is 9.98. The topological polar surface area (TPSA) is 68.9 Å². The summed E-state index contributed by atoms with van der Waals surface area (Å²) < 4.78 is 14.8. The molecular weight excluding hydrogens is 355 g/mol. The zero-order chi connectivity index (χ0) is 19.7. The van der Waals surface area contributed by atoms with E-state index in [0.717, 1.165) is 62.4 Å². The standard InChI is InChI=1S/C21H25FN6/c1-14-13-27(20-12-24-17(10-23)11-25-20)7-8-28(14)15(2)21-18(22)9-16-5-3-4-6-19(16)26-21/h9,11-12,14-15H,3-8,13H2,1-2H3. The van der Waals surface area contributed by atoms with Crippen molar-refractivity contribution in [3.8, 4) is 6.07 Å². The minimum absolute atomic E-state index is 0.0728. The summed E-state index contributed by atoms with van der Waals surface area (Å²) in [4.78, 5) is 17.7. The molecule has 2 aromatic heterocycles. The Hall–Kier alpha value is -2.59. The highest BCUT2D eigenvalue weighted by Crippen LogP contribution is 2.30. The maximum atomic E-state index is 14.8. The predicted octanol–water partition coefficient (Wildman–Crippen LogP) is 3.03. The van der Waals surface area contributed by atoms with Crippen molar-refractivity contribution in [1.82, 2.24) is 19.9 Å². The number of fused-ring (bicyclic) bond motifs is 1. The van der Waals surface area contributed by atoms with Crippen molar-refractivity contribution in [2.45, 2.75) is 51.6 Å². The van der Waals surface area contributed by atoms with Crippen LogP contribution < -0.4 is 4.90 Å². The first-order chi connectivity index (χ1) is 13.6. The second kappa shape index (κ2) is 7.80. The van der Waals surface area contributed by atoms with E-state index < -0.39 is 0 Å². The van der Waals surface area contributed by atoms with E-state index in [1.165, 1.54) is 6.20 Å². The Morgan fingerprint density at radius 1 is 1.21 bits per heavy atom. The Morgan fingerprint density at radius 2 is 2.04 bits per heavy atom. The molecule has 0 spiro atoms. The van der Waals surface area contributed by atoms with E-state index in [1.54, 1.807) is 12.3 Å². The zero-order valence-electron chi connectivity index (χ0n) is 16.4. The number of hydrogen-bond acceptors (Lipinski definition) is 6. The molecule has 6 nitrogen and oxygen atoms in total. The number of piperazine rings is 1. The third-order valence-corrected chi connectivity index (χ3v) is 5.93. The van der Waals surface area contributed by atoms with Gasteiger partial charge in [0.2, 0.25) is 0 Å². The summed E-state index contributed by atoms with van der Waals surface area (Å²) in [7, 11) is 0. The van der Waals surface area contributed by atoms with Gasteiger partial charge in [-0.25, -0.2) is 14.4 Å². The van der Waals surface area contributed by atoms with Crippen molar-refractivity contribution >= 4 is 5.82 Å². The van der Waals surface area contributed by atoms with E-state index in [-0.39, 0.29) is 17.9 Å². The Bertz CT molecular complexity index is 891. The highest BCUT2D eigenvalue weighted by atomic mass is 19.1. The normalized spacial score (nSPS) is 21.1. The third-order valence-electron chi connectivity index (χ3n) is 5.93. The second-order valence-electron chi connectivity index (χ2n) is 7.75. The van der Waals surface area contributed by atoms with Crippen LogP contribution in [0.1, 0.15) is 55.4 Å². The zero-order valence-corrected chi connectivity index (χ0v) is 16.4. The molecule has 0 radical (unpaired) electrons. The monoisotopic (exact) mass is 380 g/mol. The molecule has 1 aliphatic carbocycles. The molecule has 1 fully saturated rings. The number of nitriles is 1. The average molecular weight is 380 g/mol. The minimum atomic E-state index is -0.180. The Balaban J connectivity index is 1.49. The van der Waals surface area contributed by atoms with Gasteiger partial charge in [0, 0.05) is 31.4 Å². The van der Waals surface area contributed by atoms with Crippen LogP contribution in [0.25, 0.3) is 0 Å². The molecule has 7 heteroatoms. The van der Waals surface area contributed by atoms with Crippen molar-refractivity contribution < 1.29 is 4.39 Å². The lowest BCUT2D eigenvalue weighted by Crippen LogP contribution is -2.53. The molecule has 2 aliphatic rings. The predicted molar refractivity (Wildman–Crippen MR) is 104 cm³/mol. The number of halogens is 1. The molecule has 0 saturated carbocycles. The highest BCUT2D eigenvalue weighted by Gasteiger charge is 2.31. The molecule has 0 bridgehead atoms. The molecule has 0 aromatic carbocycles. The van der Waals surface area contributed by atoms with E-state index in [1.807, 2.05) is 13.0 Å². The van der Waals surface area contributed by atoms with Gasteiger partial charge in [0.25, 0.3) is 0 Å². The fourth-order valence-corrected chi connectivity index (χ4v) is 4.37. The summed E-state index contributed by atoms with van der Waals surface area (Å²) in [6, 6.07) is 3.85. The van der Waals surface area contributed by atoms with Crippen molar-refractivity contribution in [3.63, 3.8) is 0 Å². The lowest BCUT2D eigenvalue weighted by atomic mass is 9.94. The summed E-state index contributed by atoms with van der Waals surface area (Å²) in [6.45, 7) is 6.55. The maximum absolute atomic E-state index is 14.8. The fraction of sp³-hybridized carbons (Fsp3) is 0.524. The molecule has 146 valence electrons. The lowest BCUT2D eigenvalue weighted by molar-refractivity contribution is 0.133. The molecule has 4 rings (SSSR count). The fourth-order valence-electron chi connectivity index (χ4n) is 4.37. The van der Waals surface area contributed by atoms with Gasteiger partial charge in [-0.3, -0.25) is 9.88 Å². The van der Waals surface area contributed by atoms with Gasteiger partial charge in [0.1, 0.15) is 17.7 Å². The van der Waals surface area contributed by atoms with Crippen LogP contribution in [0.2, 0.25) is 0 Å². The van der Waals surface area contributed by atoms with Gasteiger partial charge < -0.3 is 4.90 Å². The molecule has 0 amide bonds. The van der Waals surface area contributed by atoms with Crippen molar-refractivity contribution in [2.24, 2.45) is 0 Å². The van der Waals surface area contributed by atoms with Gasteiger partial charge in [-0.1, -0.05) is 0 Å². The van der Waals surface area contributed by atoms with Crippen LogP contribution in [0.4, 0.5) is 10.2 Å². The van der Waals surface area contributed by atoms with Gasteiger partial charge in [-0.15, -0.1) is 0 Å². The average Bonchev–Trinajstić information content (AvgIpc) is 2.72. The van der Waals surface area contributed by atoms with Crippen LogP contribution in [0.3, 0.4) is 0 Å². The number of hydrogen-bond donors (Lipinski definition) is 0. The van der Waals surface area contributed by atoms with Crippen LogP contribution in [-0.4, -0.2) is 45.5 Å². The number of rotatable bonds is 3. The van der Waals surface area contributed by atoms with Gasteiger partial charge in [-0.2, -0.15) is 5.26 Å². The molecule has 2 unspecified atom stereocenters. The Labute approximate surface area is 165 Å². The van der Waals surface area contributed by atoms with Crippen LogP contribution >= 0.6 is 0 Å². The van der Waals surface area contributed by atoms with Crippen LogP contribution in [-0.2, 0) is 12.8 Å². The van der Waals surface area contributed by atoms with E-state index in [2.05, 4.69) is 26.7 Å². The van der Waals surface area contributed by atoms with Gasteiger partial charge in [0.15, 0.2) is 5.69 Å². The van der Waals surface area contributed by atoms with Crippen LogP contribution in [0.5, 0.6) is 0 Å². The molecule has 2 aromatic rings. The summed E-state index contributed by atoms with van der Waals surface area (Å²) in [5.41, 5.74) is 3.04. The summed E-state index contributed by atoms with van der Waals surface area (Å²) >= 11 is 0. The number of aryl methyl sites for hydroxylation is 2. The number of anilines is 1. The summed E-state index contributed by atoms with van der Waals surface area (Å²) in [5, 5.41) is 8.87. The number of aromatic nitrogens is 3. The Morgan fingerprint density at radius 3 is 2.75 bits per heavy atom. The largest absolute Gasteiger partial charge is 0.352 e. The maximum Gasteiger partial charge on any atom is 0.158 e. The van der Waals surface area contributed by atoms with E-state index in [9.17, 15) is 4.39 Å². The molecule has 0 N–H and O–H groups in total. The molecule has 1 aliphatic heterocycles. The van der Waals surface area contributed by atoms with Gasteiger partial charge in [-0.05, 0) is 51.2 Å². The quantitative estimate of drug-likeness (QED) is 0.815. The van der Waals surface area contributed by atoms with E-state index >= 15 is 0 Å². The lowest BCUT2D eigenvalue weighted by Gasteiger charge is -2.43. The first-order valence-corrected chi connectivity index (χ1v) is 9.98.